The summed E-state index contributed by atoms with van der Waals surface area (Å²) in [6, 6.07) is 9.48. The number of halogens is 1. The highest BCUT2D eigenvalue weighted by Gasteiger charge is 2.17. The largest absolute Gasteiger partial charge is 0.332 e. The van der Waals surface area contributed by atoms with Crippen molar-refractivity contribution in [2.45, 2.75) is 13.8 Å². The molecule has 0 radical (unpaired) electrons. The second-order valence-corrected chi connectivity index (χ2v) is 5.95. The molecular formula is C16H14ClN3O3S. The molecule has 0 aliphatic rings. The van der Waals surface area contributed by atoms with Gasteiger partial charge in [0.25, 0.3) is 11.6 Å². The molecular weight excluding hydrogens is 350 g/mol. The van der Waals surface area contributed by atoms with Crippen LogP contribution in [-0.4, -0.2) is 15.9 Å². The average molecular weight is 364 g/mol. The predicted molar refractivity (Wildman–Crippen MR) is 97.7 cm³/mol. The molecule has 0 unspecified atom stereocenters. The average Bonchev–Trinajstić information content (AvgIpc) is 2.51. The lowest BCUT2D eigenvalue weighted by Gasteiger charge is -2.11. The van der Waals surface area contributed by atoms with E-state index in [0.717, 1.165) is 22.9 Å². The van der Waals surface area contributed by atoms with Crippen molar-refractivity contribution in [3.8, 4) is 0 Å². The molecule has 2 aromatic rings. The van der Waals surface area contributed by atoms with Gasteiger partial charge < -0.3 is 5.32 Å². The van der Waals surface area contributed by atoms with Gasteiger partial charge in [-0.25, -0.2) is 0 Å². The van der Waals surface area contributed by atoms with Gasteiger partial charge in [0.15, 0.2) is 5.11 Å². The van der Waals surface area contributed by atoms with Crippen molar-refractivity contribution >= 4 is 46.2 Å². The Morgan fingerprint density at radius 1 is 1.17 bits per heavy atom. The molecule has 2 rings (SSSR count). The Morgan fingerprint density at radius 3 is 2.50 bits per heavy atom. The summed E-state index contributed by atoms with van der Waals surface area (Å²) in [6.45, 7) is 3.96. The van der Waals surface area contributed by atoms with E-state index < -0.39 is 10.8 Å². The predicted octanol–water partition coefficient (Wildman–Crippen LogP) is 3.99. The number of rotatable bonds is 3. The lowest BCUT2D eigenvalue weighted by atomic mass is 10.1. The van der Waals surface area contributed by atoms with Gasteiger partial charge >= 0.3 is 0 Å². The number of benzene rings is 2. The summed E-state index contributed by atoms with van der Waals surface area (Å²) in [5.41, 5.74) is 2.73. The van der Waals surface area contributed by atoms with E-state index in [9.17, 15) is 14.9 Å². The number of aryl methyl sites for hydroxylation is 2. The minimum absolute atomic E-state index is 0.0348. The molecule has 6 nitrogen and oxygen atoms in total. The van der Waals surface area contributed by atoms with Crippen LogP contribution >= 0.6 is 23.8 Å². The molecule has 1 amide bonds. The number of nitrogens with zero attached hydrogens (tertiary/aromatic N) is 1. The Balaban J connectivity index is 2.08. The highest BCUT2D eigenvalue weighted by molar-refractivity contribution is 7.80. The van der Waals surface area contributed by atoms with Crippen molar-refractivity contribution in [2.24, 2.45) is 0 Å². The van der Waals surface area contributed by atoms with Gasteiger partial charge in [-0.15, -0.1) is 0 Å². The number of amides is 1. The summed E-state index contributed by atoms with van der Waals surface area (Å²) < 4.78 is 0. The van der Waals surface area contributed by atoms with Gasteiger partial charge in [0, 0.05) is 17.3 Å². The van der Waals surface area contributed by atoms with Gasteiger partial charge in [0.2, 0.25) is 0 Å². The van der Waals surface area contributed by atoms with E-state index in [-0.39, 0.29) is 21.4 Å². The number of nitro benzene ring substituents is 1. The molecule has 8 heteroatoms. The molecule has 0 atom stereocenters. The maximum absolute atomic E-state index is 12.1. The summed E-state index contributed by atoms with van der Waals surface area (Å²) in [5.74, 6) is -0.559. The van der Waals surface area contributed by atoms with Crippen LogP contribution in [-0.2, 0) is 0 Å². The lowest BCUT2D eigenvalue weighted by molar-refractivity contribution is -0.384. The third-order valence-corrected chi connectivity index (χ3v) is 3.92. The zero-order valence-electron chi connectivity index (χ0n) is 12.9. The first-order valence-electron chi connectivity index (χ1n) is 6.91. The minimum atomic E-state index is -0.648. The summed E-state index contributed by atoms with van der Waals surface area (Å²) >= 11 is 10.8. The first kappa shape index (κ1) is 17.8. The lowest BCUT2D eigenvalue weighted by Crippen LogP contribution is -2.34. The SMILES string of the molecule is Cc1ccc(NC(=S)NC(=O)c2ccc(Cl)c([N+](=O)[O-])c2)cc1C. The molecule has 0 bridgehead atoms. The van der Waals surface area contributed by atoms with Gasteiger partial charge in [-0.2, -0.15) is 0 Å². The van der Waals surface area contributed by atoms with Crippen molar-refractivity contribution < 1.29 is 9.72 Å². The van der Waals surface area contributed by atoms with Crippen LogP contribution in [0.15, 0.2) is 36.4 Å². The number of nitrogens with one attached hydrogen (secondary N) is 2. The molecule has 0 spiro atoms. The highest BCUT2D eigenvalue weighted by atomic mass is 35.5. The number of anilines is 1. The maximum atomic E-state index is 12.1. The molecule has 0 saturated carbocycles. The summed E-state index contributed by atoms with van der Waals surface area (Å²) in [7, 11) is 0. The number of carbonyl (C=O) groups is 1. The third kappa shape index (κ3) is 4.27. The van der Waals surface area contributed by atoms with Crippen molar-refractivity contribution in [3.05, 3.63) is 68.2 Å². The van der Waals surface area contributed by atoms with Crippen LogP contribution in [0.5, 0.6) is 0 Å². The standard InChI is InChI=1S/C16H14ClN3O3S/c1-9-3-5-12(7-10(9)2)18-16(24)19-15(21)11-4-6-13(17)14(8-11)20(22)23/h3-8H,1-2H3,(H2,18,19,21,24). The molecule has 24 heavy (non-hydrogen) atoms. The maximum Gasteiger partial charge on any atom is 0.288 e. The monoisotopic (exact) mass is 363 g/mol. The van der Waals surface area contributed by atoms with Gasteiger partial charge in [-0.05, 0) is 61.5 Å². The highest BCUT2D eigenvalue weighted by Crippen LogP contribution is 2.25. The normalized spacial score (nSPS) is 10.1. The first-order valence-corrected chi connectivity index (χ1v) is 7.70. The summed E-state index contributed by atoms with van der Waals surface area (Å²) in [4.78, 5) is 22.4. The third-order valence-electron chi connectivity index (χ3n) is 3.40. The number of hydrogen-bond acceptors (Lipinski definition) is 4. The number of nitro groups is 1. The molecule has 2 N–H and O–H groups in total. The van der Waals surface area contributed by atoms with E-state index in [1.54, 1.807) is 0 Å². The molecule has 0 aliphatic heterocycles. The van der Waals surface area contributed by atoms with Crippen molar-refractivity contribution in [3.63, 3.8) is 0 Å². The number of carbonyl (C=O) groups excluding carboxylic acids is 1. The van der Waals surface area contributed by atoms with Crippen molar-refractivity contribution in [2.75, 3.05) is 5.32 Å². The topological polar surface area (TPSA) is 84.3 Å². The first-order chi connectivity index (χ1) is 11.3. The van der Waals surface area contributed by atoms with Crippen molar-refractivity contribution in [1.82, 2.24) is 5.32 Å². The van der Waals surface area contributed by atoms with Crippen LogP contribution < -0.4 is 10.6 Å². The van der Waals surface area contributed by atoms with Crippen LogP contribution in [0.1, 0.15) is 21.5 Å². The molecule has 0 fully saturated rings. The zero-order chi connectivity index (χ0) is 17.9. The second kappa shape index (κ2) is 7.37. The fraction of sp³-hybridized carbons (Fsp3) is 0.125. The van der Waals surface area contributed by atoms with E-state index in [0.29, 0.717) is 0 Å². The molecule has 0 heterocycles. The fourth-order valence-electron chi connectivity index (χ4n) is 1.95. The summed E-state index contributed by atoms with van der Waals surface area (Å²) in [6.07, 6.45) is 0. The van der Waals surface area contributed by atoms with Crippen LogP contribution in [0.25, 0.3) is 0 Å². The molecule has 0 aromatic heterocycles. The second-order valence-electron chi connectivity index (χ2n) is 5.13. The van der Waals surface area contributed by atoms with Crippen LogP contribution in [0.2, 0.25) is 5.02 Å². The van der Waals surface area contributed by atoms with Crippen LogP contribution in [0.4, 0.5) is 11.4 Å². The zero-order valence-corrected chi connectivity index (χ0v) is 14.5. The van der Waals surface area contributed by atoms with E-state index in [4.69, 9.17) is 23.8 Å². The van der Waals surface area contributed by atoms with E-state index in [1.807, 2.05) is 32.0 Å². The molecule has 0 saturated heterocycles. The minimum Gasteiger partial charge on any atom is -0.332 e. The Bertz CT molecular complexity index is 839. The quantitative estimate of drug-likeness (QED) is 0.489. The summed E-state index contributed by atoms with van der Waals surface area (Å²) in [5, 5.41) is 16.3. The van der Waals surface area contributed by atoms with E-state index in [2.05, 4.69) is 10.6 Å². The Hall–Kier alpha value is -2.51. The van der Waals surface area contributed by atoms with Crippen LogP contribution in [0, 0.1) is 24.0 Å². The van der Waals surface area contributed by atoms with Crippen LogP contribution in [0.3, 0.4) is 0 Å². The number of thiocarbonyl (C=S) groups is 1. The van der Waals surface area contributed by atoms with E-state index >= 15 is 0 Å². The van der Waals surface area contributed by atoms with Gasteiger partial charge in [0.1, 0.15) is 5.02 Å². The molecule has 124 valence electrons. The Labute approximate surface area is 149 Å². The Morgan fingerprint density at radius 2 is 1.88 bits per heavy atom. The fourth-order valence-corrected chi connectivity index (χ4v) is 2.35. The smallest absolute Gasteiger partial charge is 0.288 e. The number of hydrogen-bond donors (Lipinski definition) is 2. The van der Waals surface area contributed by atoms with Gasteiger partial charge in [0.05, 0.1) is 4.92 Å². The van der Waals surface area contributed by atoms with Gasteiger partial charge in [-0.3, -0.25) is 20.2 Å². The Kier molecular flexibility index (Phi) is 5.48. The molecule has 2 aromatic carbocycles. The van der Waals surface area contributed by atoms with E-state index in [1.165, 1.54) is 12.1 Å². The van der Waals surface area contributed by atoms with Crippen molar-refractivity contribution in [1.29, 1.82) is 0 Å². The van der Waals surface area contributed by atoms with Gasteiger partial charge in [-0.1, -0.05) is 17.7 Å². The molecule has 0 aliphatic carbocycles.